The van der Waals surface area contributed by atoms with Gasteiger partial charge in [-0.3, -0.25) is 4.79 Å². The van der Waals surface area contributed by atoms with E-state index in [1.807, 2.05) is 73.7 Å². The number of benzene rings is 3. The summed E-state index contributed by atoms with van der Waals surface area (Å²) in [5.74, 6) is 1.12. The van der Waals surface area contributed by atoms with Gasteiger partial charge in [-0.05, 0) is 56.5 Å². The summed E-state index contributed by atoms with van der Waals surface area (Å²) < 4.78 is 11.7. The molecule has 0 saturated heterocycles. The molecule has 0 heterocycles. The number of carbonyl (C=O) groups is 1. The van der Waals surface area contributed by atoms with E-state index < -0.39 is 6.10 Å². The van der Waals surface area contributed by atoms with Gasteiger partial charge < -0.3 is 14.8 Å². The quantitative estimate of drug-likeness (QED) is 0.498. The highest BCUT2D eigenvalue weighted by molar-refractivity contribution is 5.95. The molecule has 0 aromatic heterocycles. The van der Waals surface area contributed by atoms with Crippen LogP contribution in [0.25, 0.3) is 0 Å². The first kappa shape index (κ1) is 20.5. The number of rotatable bonds is 9. The first-order valence-electron chi connectivity index (χ1n) is 9.92. The number of hydrogen-bond donors (Lipinski definition) is 1. The fourth-order valence-electron chi connectivity index (χ4n) is 2.91. The molecule has 1 atom stereocenters. The van der Waals surface area contributed by atoms with Crippen LogP contribution in [-0.4, -0.2) is 18.6 Å². The van der Waals surface area contributed by atoms with Gasteiger partial charge in [0.05, 0.1) is 12.3 Å². The van der Waals surface area contributed by atoms with Gasteiger partial charge in [0.1, 0.15) is 11.5 Å². The van der Waals surface area contributed by atoms with Gasteiger partial charge in [0, 0.05) is 0 Å². The molecule has 0 bridgehead atoms. The maximum atomic E-state index is 12.6. The Morgan fingerprint density at radius 2 is 1.62 bits per heavy atom. The minimum absolute atomic E-state index is 0.217. The summed E-state index contributed by atoms with van der Waals surface area (Å²) in [6.45, 7) is 4.33. The van der Waals surface area contributed by atoms with Crippen molar-refractivity contribution in [3.63, 3.8) is 0 Å². The molecular weight excluding hydrogens is 362 g/mol. The molecular formula is C25H27NO3. The minimum atomic E-state index is -0.621. The van der Waals surface area contributed by atoms with Crippen LogP contribution in [0.3, 0.4) is 0 Å². The third-order valence-electron chi connectivity index (χ3n) is 4.56. The molecule has 3 aromatic rings. The van der Waals surface area contributed by atoms with Crippen LogP contribution in [0.2, 0.25) is 0 Å². The molecule has 4 nitrogen and oxygen atoms in total. The Morgan fingerprint density at radius 3 is 2.38 bits per heavy atom. The van der Waals surface area contributed by atoms with Gasteiger partial charge in [-0.2, -0.15) is 0 Å². The molecule has 0 saturated carbocycles. The summed E-state index contributed by atoms with van der Waals surface area (Å²) in [5, 5.41) is 2.91. The number of ether oxygens (including phenoxy) is 2. The van der Waals surface area contributed by atoms with E-state index in [1.165, 1.54) is 5.56 Å². The number of nitrogens with one attached hydrogen (secondary N) is 1. The lowest BCUT2D eigenvalue weighted by molar-refractivity contribution is -0.122. The van der Waals surface area contributed by atoms with E-state index in [0.29, 0.717) is 23.8 Å². The van der Waals surface area contributed by atoms with Crippen molar-refractivity contribution in [3.05, 3.63) is 90.0 Å². The van der Waals surface area contributed by atoms with Crippen LogP contribution >= 0.6 is 0 Å². The van der Waals surface area contributed by atoms with E-state index in [4.69, 9.17) is 9.47 Å². The molecule has 3 rings (SSSR count). The predicted molar refractivity (Wildman–Crippen MR) is 117 cm³/mol. The molecule has 0 aliphatic carbocycles. The fraction of sp³-hybridized carbons (Fsp3) is 0.240. The number of amides is 1. The maximum absolute atomic E-state index is 12.6. The van der Waals surface area contributed by atoms with E-state index >= 15 is 0 Å². The molecule has 0 radical (unpaired) electrons. The molecule has 3 aromatic carbocycles. The Hall–Kier alpha value is -3.27. The zero-order valence-electron chi connectivity index (χ0n) is 16.9. The van der Waals surface area contributed by atoms with Crippen LogP contribution in [0.15, 0.2) is 78.9 Å². The highest BCUT2D eigenvalue weighted by Gasteiger charge is 2.16. The average molecular weight is 389 g/mol. The molecule has 0 aliphatic heterocycles. The zero-order valence-corrected chi connectivity index (χ0v) is 16.9. The molecule has 150 valence electrons. The Morgan fingerprint density at radius 1 is 0.931 bits per heavy atom. The van der Waals surface area contributed by atoms with Gasteiger partial charge in [0.2, 0.25) is 0 Å². The van der Waals surface area contributed by atoms with Gasteiger partial charge in [-0.15, -0.1) is 0 Å². The molecule has 0 aliphatic rings. The SMILES string of the molecule is Cc1ccc(OC(C)C(=O)Nc2ccccc2OCCCc2ccccc2)cc1. The Balaban J connectivity index is 1.52. The van der Waals surface area contributed by atoms with Crippen molar-refractivity contribution < 1.29 is 14.3 Å². The molecule has 0 fully saturated rings. The summed E-state index contributed by atoms with van der Waals surface area (Å²) in [5.41, 5.74) is 3.09. The van der Waals surface area contributed by atoms with E-state index in [-0.39, 0.29) is 5.91 Å². The van der Waals surface area contributed by atoms with E-state index in [9.17, 15) is 4.79 Å². The number of para-hydroxylation sites is 2. The van der Waals surface area contributed by atoms with E-state index in [1.54, 1.807) is 6.92 Å². The molecule has 0 spiro atoms. The summed E-state index contributed by atoms with van der Waals surface area (Å²) in [4.78, 5) is 12.6. The number of carbonyl (C=O) groups excluding carboxylic acids is 1. The molecule has 1 N–H and O–H groups in total. The normalized spacial score (nSPS) is 11.5. The average Bonchev–Trinajstić information content (AvgIpc) is 2.74. The second-order valence-electron chi connectivity index (χ2n) is 7.00. The number of hydrogen-bond acceptors (Lipinski definition) is 3. The molecule has 1 unspecified atom stereocenters. The van der Waals surface area contributed by atoms with Crippen LogP contribution in [0.1, 0.15) is 24.5 Å². The lowest BCUT2D eigenvalue weighted by Gasteiger charge is -2.17. The van der Waals surface area contributed by atoms with Crippen molar-refractivity contribution in [2.45, 2.75) is 32.8 Å². The van der Waals surface area contributed by atoms with Gasteiger partial charge in [0.15, 0.2) is 6.10 Å². The van der Waals surface area contributed by atoms with Gasteiger partial charge in [0.25, 0.3) is 5.91 Å². The predicted octanol–water partition coefficient (Wildman–Crippen LogP) is 5.41. The first-order valence-corrected chi connectivity index (χ1v) is 9.92. The summed E-state index contributed by atoms with van der Waals surface area (Å²) in [6, 6.07) is 25.4. The lowest BCUT2D eigenvalue weighted by Crippen LogP contribution is -2.30. The van der Waals surface area contributed by atoms with Crippen LogP contribution < -0.4 is 14.8 Å². The smallest absolute Gasteiger partial charge is 0.265 e. The summed E-state index contributed by atoms with van der Waals surface area (Å²) in [7, 11) is 0. The van der Waals surface area contributed by atoms with Crippen molar-refractivity contribution in [3.8, 4) is 11.5 Å². The van der Waals surface area contributed by atoms with Crippen molar-refractivity contribution >= 4 is 11.6 Å². The van der Waals surface area contributed by atoms with Gasteiger partial charge in [-0.1, -0.05) is 60.2 Å². The standard InChI is InChI=1S/C25H27NO3/c1-19-14-16-22(17-15-19)29-20(2)25(27)26-23-12-6-7-13-24(23)28-18-8-11-21-9-4-3-5-10-21/h3-7,9-10,12-17,20H,8,11,18H2,1-2H3,(H,26,27). The van der Waals surface area contributed by atoms with Crippen molar-refractivity contribution in [2.75, 3.05) is 11.9 Å². The number of aryl methyl sites for hydroxylation is 2. The van der Waals surface area contributed by atoms with Crippen molar-refractivity contribution in [1.82, 2.24) is 0 Å². The molecule has 29 heavy (non-hydrogen) atoms. The highest BCUT2D eigenvalue weighted by atomic mass is 16.5. The second kappa shape index (κ2) is 10.3. The summed E-state index contributed by atoms with van der Waals surface area (Å²) >= 11 is 0. The zero-order chi connectivity index (χ0) is 20.5. The Labute approximate surface area is 172 Å². The monoisotopic (exact) mass is 389 g/mol. The second-order valence-corrected chi connectivity index (χ2v) is 7.00. The highest BCUT2D eigenvalue weighted by Crippen LogP contribution is 2.24. The van der Waals surface area contributed by atoms with Gasteiger partial charge in [-0.25, -0.2) is 0 Å². The Bertz CT molecular complexity index is 907. The van der Waals surface area contributed by atoms with E-state index in [2.05, 4.69) is 17.4 Å². The fourth-order valence-corrected chi connectivity index (χ4v) is 2.91. The van der Waals surface area contributed by atoms with Crippen LogP contribution in [0, 0.1) is 6.92 Å². The van der Waals surface area contributed by atoms with Gasteiger partial charge >= 0.3 is 0 Å². The van der Waals surface area contributed by atoms with Crippen molar-refractivity contribution in [1.29, 1.82) is 0 Å². The molecule has 4 heteroatoms. The van der Waals surface area contributed by atoms with Crippen LogP contribution in [0.5, 0.6) is 11.5 Å². The Kier molecular flexibility index (Phi) is 7.28. The van der Waals surface area contributed by atoms with Crippen molar-refractivity contribution in [2.24, 2.45) is 0 Å². The minimum Gasteiger partial charge on any atom is -0.491 e. The topological polar surface area (TPSA) is 47.6 Å². The van der Waals surface area contributed by atoms with Crippen LogP contribution in [-0.2, 0) is 11.2 Å². The van der Waals surface area contributed by atoms with E-state index in [0.717, 1.165) is 18.4 Å². The first-order chi connectivity index (χ1) is 14.1. The lowest BCUT2D eigenvalue weighted by atomic mass is 10.1. The molecule has 1 amide bonds. The van der Waals surface area contributed by atoms with Crippen LogP contribution in [0.4, 0.5) is 5.69 Å². The number of anilines is 1. The summed E-state index contributed by atoms with van der Waals surface area (Å²) in [6.07, 6.45) is 1.24. The third-order valence-corrected chi connectivity index (χ3v) is 4.56. The largest absolute Gasteiger partial charge is 0.491 e. The third kappa shape index (κ3) is 6.39. The maximum Gasteiger partial charge on any atom is 0.265 e.